The van der Waals surface area contributed by atoms with Gasteiger partial charge in [0, 0.05) is 17.1 Å². The van der Waals surface area contributed by atoms with Crippen molar-refractivity contribution in [3.05, 3.63) is 95.3 Å². The van der Waals surface area contributed by atoms with Gasteiger partial charge in [0.25, 0.3) is 10.0 Å². The lowest BCUT2D eigenvalue weighted by Crippen LogP contribution is -2.55. The first kappa shape index (κ1) is 30.1. The zero-order valence-corrected chi connectivity index (χ0v) is 24.0. The van der Waals surface area contributed by atoms with Gasteiger partial charge in [-0.15, -0.1) is 0 Å². The van der Waals surface area contributed by atoms with Crippen LogP contribution >= 0.6 is 11.6 Å². The predicted octanol–water partition coefficient (Wildman–Crippen LogP) is 5.40. The lowest BCUT2D eigenvalue weighted by molar-refractivity contribution is -0.141. The standard InChI is InChI=1S/C29H33ClFN3O4S/c1-5-26(28(36)32-29(2,3)4)33(19-21-11-9-10-14-25(21)30)27(35)20-34(23-12-7-6-8-13-23)39(37,38)24-17-15-22(31)16-18-24/h6-18,26H,5,19-20H2,1-4H3,(H,32,36)/t26-/m0/s1. The normalized spacial score (nSPS) is 12.5. The second kappa shape index (κ2) is 12.6. The summed E-state index contributed by atoms with van der Waals surface area (Å²) in [7, 11) is -4.27. The highest BCUT2D eigenvalue weighted by Crippen LogP contribution is 2.26. The van der Waals surface area contributed by atoms with Crippen molar-refractivity contribution >= 4 is 39.1 Å². The number of anilines is 1. The molecule has 0 heterocycles. The molecule has 10 heteroatoms. The van der Waals surface area contributed by atoms with Crippen LogP contribution in [0.3, 0.4) is 0 Å². The molecule has 0 unspecified atom stereocenters. The number of halogens is 2. The fourth-order valence-corrected chi connectivity index (χ4v) is 5.65. The number of nitrogens with one attached hydrogen (secondary N) is 1. The molecule has 0 aliphatic carbocycles. The summed E-state index contributed by atoms with van der Waals surface area (Å²) in [6, 6.07) is 18.6. The number of para-hydroxylation sites is 1. The largest absolute Gasteiger partial charge is 0.350 e. The molecule has 3 aromatic rings. The molecule has 2 amide bonds. The second-order valence-corrected chi connectivity index (χ2v) is 12.3. The number of carbonyl (C=O) groups is 2. The quantitative estimate of drug-likeness (QED) is 0.352. The third-order valence-corrected chi connectivity index (χ3v) is 8.06. The molecular formula is C29H33ClFN3O4S. The monoisotopic (exact) mass is 573 g/mol. The molecule has 1 N–H and O–H groups in total. The molecule has 208 valence electrons. The van der Waals surface area contributed by atoms with Crippen LogP contribution in [-0.4, -0.2) is 43.3 Å². The van der Waals surface area contributed by atoms with Crippen molar-refractivity contribution in [3.8, 4) is 0 Å². The topological polar surface area (TPSA) is 86.8 Å². The van der Waals surface area contributed by atoms with Crippen molar-refractivity contribution < 1.29 is 22.4 Å². The number of hydrogen-bond acceptors (Lipinski definition) is 4. The smallest absolute Gasteiger partial charge is 0.264 e. The molecule has 0 saturated carbocycles. The van der Waals surface area contributed by atoms with E-state index in [0.717, 1.165) is 28.6 Å². The maximum Gasteiger partial charge on any atom is 0.264 e. The molecule has 0 spiro atoms. The van der Waals surface area contributed by atoms with Gasteiger partial charge < -0.3 is 10.2 Å². The van der Waals surface area contributed by atoms with E-state index >= 15 is 0 Å². The summed E-state index contributed by atoms with van der Waals surface area (Å²) in [5.41, 5.74) is 0.313. The Kier molecular flexibility index (Phi) is 9.74. The maximum absolute atomic E-state index is 14.0. The van der Waals surface area contributed by atoms with Gasteiger partial charge in [0.1, 0.15) is 18.4 Å². The first-order chi connectivity index (χ1) is 18.3. The number of amides is 2. The molecule has 0 aromatic heterocycles. The number of carbonyl (C=O) groups excluding carboxylic acids is 2. The Bertz CT molecular complexity index is 1390. The van der Waals surface area contributed by atoms with Crippen LogP contribution in [0.2, 0.25) is 5.02 Å². The number of rotatable bonds is 10. The predicted molar refractivity (Wildman–Crippen MR) is 151 cm³/mol. The Morgan fingerprint density at radius 2 is 1.54 bits per heavy atom. The first-order valence-electron chi connectivity index (χ1n) is 12.5. The van der Waals surface area contributed by atoms with Gasteiger partial charge >= 0.3 is 0 Å². The average molecular weight is 574 g/mol. The van der Waals surface area contributed by atoms with E-state index in [-0.39, 0.29) is 29.5 Å². The Morgan fingerprint density at radius 3 is 2.10 bits per heavy atom. The van der Waals surface area contributed by atoms with Crippen LogP contribution in [0.25, 0.3) is 0 Å². The summed E-state index contributed by atoms with van der Waals surface area (Å²) in [4.78, 5) is 28.5. The van der Waals surface area contributed by atoms with E-state index in [1.807, 2.05) is 20.8 Å². The minimum Gasteiger partial charge on any atom is -0.350 e. The van der Waals surface area contributed by atoms with Crippen molar-refractivity contribution in [1.29, 1.82) is 0 Å². The molecule has 0 radical (unpaired) electrons. The summed E-state index contributed by atoms with van der Waals surface area (Å²) in [6.07, 6.45) is 0.286. The van der Waals surface area contributed by atoms with Crippen LogP contribution in [0.15, 0.2) is 83.8 Å². The molecule has 0 saturated heterocycles. The van der Waals surface area contributed by atoms with Gasteiger partial charge in [-0.2, -0.15) is 0 Å². The van der Waals surface area contributed by atoms with Crippen LogP contribution in [0, 0.1) is 5.82 Å². The molecule has 3 rings (SSSR count). The number of nitrogens with zero attached hydrogens (tertiary/aromatic N) is 2. The fraction of sp³-hybridized carbons (Fsp3) is 0.310. The van der Waals surface area contributed by atoms with Crippen LogP contribution < -0.4 is 9.62 Å². The third-order valence-electron chi connectivity index (χ3n) is 5.91. The van der Waals surface area contributed by atoms with Gasteiger partial charge in [-0.1, -0.05) is 54.9 Å². The van der Waals surface area contributed by atoms with Crippen molar-refractivity contribution in [1.82, 2.24) is 10.2 Å². The minimum absolute atomic E-state index is 0.00615. The Morgan fingerprint density at radius 1 is 0.949 bits per heavy atom. The van der Waals surface area contributed by atoms with E-state index in [1.54, 1.807) is 61.5 Å². The molecule has 0 fully saturated rings. The van der Waals surface area contributed by atoms with Gasteiger partial charge in [0.2, 0.25) is 11.8 Å². The highest BCUT2D eigenvalue weighted by atomic mass is 35.5. The molecule has 0 aliphatic rings. The molecule has 39 heavy (non-hydrogen) atoms. The van der Waals surface area contributed by atoms with Crippen molar-refractivity contribution in [2.24, 2.45) is 0 Å². The van der Waals surface area contributed by atoms with E-state index in [2.05, 4.69) is 5.32 Å². The van der Waals surface area contributed by atoms with Gasteiger partial charge in [-0.05, 0) is 75.2 Å². The lowest BCUT2D eigenvalue weighted by Gasteiger charge is -2.35. The minimum atomic E-state index is -4.27. The van der Waals surface area contributed by atoms with E-state index in [4.69, 9.17) is 11.6 Å². The van der Waals surface area contributed by atoms with Gasteiger partial charge in [-0.25, -0.2) is 12.8 Å². The van der Waals surface area contributed by atoms with E-state index in [0.29, 0.717) is 10.6 Å². The molecule has 7 nitrogen and oxygen atoms in total. The van der Waals surface area contributed by atoms with E-state index in [1.165, 1.54) is 4.90 Å². The zero-order chi connectivity index (χ0) is 28.8. The maximum atomic E-state index is 14.0. The summed E-state index contributed by atoms with van der Waals surface area (Å²) in [6.45, 7) is 6.70. The Hall–Kier alpha value is -3.43. The molecule has 0 bridgehead atoms. The van der Waals surface area contributed by atoms with Crippen molar-refractivity contribution in [2.45, 2.75) is 57.1 Å². The summed E-state index contributed by atoms with van der Waals surface area (Å²) < 4.78 is 41.9. The SMILES string of the molecule is CC[C@@H](C(=O)NC(C)(C)C)N(Cc1ccccc1Cl)C(=O)CN(c1ccccc1)S(=O)(=O)c1ccc(F)cc1. The van der Waals surface area contributed by atoms with Gasteiger partial charge in [-0.3, -0.25) is 13.9 Å². The highest BCUT2D eigenvalue weighted by Gasteiger charge is 2.34. The van der Waals surface area contributed by atoms with Gasteiger partial charge in [0.15, 0.2) is 0 Å². The Balaban J connectivity index is 2.06. The molecular weight excluding hydrogens is 541 g/mol. The second-order valence-electron chi connectivity index (χ2n) is 10.1. The third kappa shape index (κ3) is 7.80. The number of hydrogen-bond donors (Lipinski definition) is 1. The zero-order valence-electron chi connectivity index (χ0n) is 22.4. The van der Waals surface area contributed by atoms with Crippen LogP contribution in [0.4, 0.5) is 10.1 Å². The summed E-state index contributed by atoms with van der Waals surface area (Å²) >= 11 is 6.40. The molecule has 3 aromatic carbocycles. The average Bonchev–Trinajstić information content (AvgIpc) is 2.87. The molecule has 1 atom stereocenters. The first-order valence-corrected chi connectivity index (χ1v) is 14.3. The van der Waals surface area contributed by atoms with E-state index in [9.17, 15) is 22.4 Å². The Labute approximate surface area is 234 Å². The van der Waals surface area contributed by atoms with E-state index < -0.39 is 39.9 Å². The summed E-state index contributed by atoms with van der Waals surface area (Å²) in [5, 5.41) is 3.34. The van der Waals surface area contributed by atoms with Crippen LogP contribution in [0.1, 0.15) is 39.7 Å². The molecule has 0 aliphatic heterocycles. The fourth-order valence-electron chi connectivity index (χ4n) is 4.04. The van der Waals surface area contributed by atoms with Crippen molar-refractivity contribution in [2.75, 3.05) is 10.8 Å². The lowest BCUT2D eigenvalue weighted by atomic mass is 10.1. The highest BCUT2D eigenvalue weighted by molar-refractivity contribution is 7.92. The number of sulfonamides is 1. The van der Waals surface area contributed by atoms with Crippen molar-refractivity contribution in [3.63, 3.8) is 0 Å². The van der Waals surface area contributed by atoms with Gasteiger partial charge in [0.05, 0.1) is 10.6 Å². The summed E-state index contributed by atoms with van der Waals surface area (Å²) in [5.74, 6) is -1.55. The van der Waals surface area contributed by atoms with Crippen LogP contribution in [0.5, 0.6) is 0 Å². The number of benzene rings is 3. The van der Waals surface area contributed by atoms with Crippen LogP contribution in [-0.2, 0) is 26.2 Å².